The number of hydrogen-bond donors (Lipinski definition) is 1. The Morgan fingerprint density at radius 3 is 2.48 bits per heavy atom. The van der Waals surface area contributed by atoms with Crippen LogP contribution in [0.5, 0.6) is 0 Å². The van der Waals surface area contributed by atoms with Crippen molar-refractivity contribution in [1.29, 1.82) is 0 Å². The maximum atomic E-state index is 3.63. The number of rotatable bonds is 5. The first-order chi connectivity index (χ1) is 10.3. The van der Waals surface area contributed by atoms with Crippen LogP contribution in [0.1, 0.15) is 31.0 Å². The number of nitrogens with one attached hydrogen (secondary N) is 1. The van der Waals surface area contributed by atoms with E-state index in [1.165, 1.54) is 22.0 Å². The van der Waals surface area contributed by atoms with Crippen LogP contribution in [-0.2, 0) is 13.1 Å². The third kappa shape index (κ3) is 2.86. The van der Waals surface area contributed by atoms with Gasteiger partial charge in [-0.1, -0.05) is 48.5 Å². The van der Waals surface area contributed by atoms with Crippen molar-refractivity contribution in [3.63, 3.8) is 0 Å². The molecule has 2 aromatic carbocycles. The summed E-state index contributed by atoms with van der Waals surface area (Å²) in [7, 11) is 0. The van der Waals surface area contributed by atoms with Gasteiger partial charge in [0, 0.05) is 36.2 Å². The molecule has 0 aliphatic heterocycles. The Bertz CT molecular complexity index is 713. The smallest absolute Gasteiger partial charge is 0.0483 e. The summed E-state index contributed by atoms with van der Waals surface area (Å²) >= 11 is 0. The van der Waals surface area contributed by atoms with Gasteiger partial charge in [0.25, 0.3) is 0 Å². The maximum Gasteiger partial charge on any atom is 0.0483 e. The molecule has 0 saturated heterocycles. The maximum absolute atomic E-state index is 3.63. The average molecular weight is 278 g/mol. The van der Waals surface area contributed by atoms with E-state index in [9.17, 15) is 0 Å². The van der Waals surface area contributed by atoms with Crippen molar-refractivity contribution >= 4 is 10.9 Å². The van der Waals surface area contributed by atoms with Gasteiger partial charge in [0.05, 0.1) is 0 Å². The van der Waals surface area contributed by atoms with E-state index in [0.29, 0.717) is 6.04 Å². The van der Waals surface area contributed by atoms with Crippen LogP contribution in [0.15, 0.2) is 60.8 Å². The Labute approximate surface area is 126 Å². The number of fused-ring (bicyclic) bond motifs is 1. The molecule has 0 fully saturated rings. The van der Waals surface area contributed by atoms with Crippen LogP contribution in [0.3, 0.4) is 0 Å². The van der Waals surface area contributed by atoms with Crippen molar-refractivity contribution in [3.05, 3.63) is 71.9 Å². The number of benzene rings is 2. The summed E-state index contributed by atoms with van der Waals surface area (Å²) in [6.45, 7) is 6.31. The minimum Gasteiger partial charge on any atom is -0.347 e. The summed E-state index contributed by atoms with van der Waals surface area (Å²) in [5, 5.41) is 4.99. The third-order valence-electron chi connectivity index (χ3n) is 4.11. The summed E-state index contributed by atoms with van der Waals surface area (Å²) in [5.74, 6) is 0. The number of aromatic nitrogens is 1. The molecule has 3 aromatic rings. The molecular formula is C19H22N2. The molecule has 2 nitrogen and oxygen atoms in total. The standard InChI is InChI=1S/C19H22N2/c1-3-21-14-17(18-11-7-8-12-19(18)21)13-20-15(2)16-9-5-4-6-10-16/h4-12,14-15,20H,3,13H2,1-2H3/t15-/m0/s1. The van der Waals surface area contributed by atoms with Gasteiger partial charge in [-0.2, -0.15) is 0 Å². The average Bonchev–Trinajstić information content (AvgIpc) is 2.91. The molecule has 1 atom stereocenters. The fourth-order valence-corrected chi connectivity index (χ4v) is 2.85. The highest BCUT2D eigenvalue weighted by molar-refractivity contribution is 5.83. The Kier molecular flexibility index (Phi) is 4.07. The molecule has 0 aliphatic carbocycles. The first kappa shape index (κ1) is 13.9. The minimum atomic E-state index is 0.356. The second-order valence-electron chi connectivity index (χ2n) is 5.47. The molecule has 0 amide bonds. The molecule has 1 heterocycles. The Morgan fingerprint density at radius 1 is 1.00 bits per heavy atom. The molecular weight excluding hydrogens is 256 g/mol. The van der Waals surface area contributed by atoms with Crippen LogP contribution in [-0.4, -0.2) is 4.57 Å². The van der Waals surface area contributed by atoms with E-state index in [1.807, 2.05) is 0 Å². The second kappa shape index (κ2) is 6.15. The highest BCUT2D eigenvalue weighted by atomic mass is 15.0. The van der Waals surface area contributed by atoms with Crippen LogP contribution in [0.4, 0.5) is 0 Å². The summed E-state index contributed by atoms with van der Waals surface area (Å²) in [6, 6.07) is 19.6. The molecule has 2 heteroatoms. The number of hydrogen-bond acceptors (Lipinski definition) is 1. The molecule has 3 rings (SSSR count). The Hall–Kier alpha value is -2.06. The molecule has 0 radical (unpaired) electrons. The van der Waals surface area contributed by atoms with Crippen LogP contribution >= 0.6 is 0 Å². The number of para-hydroxylation sites is 1. The fourth-order valence-electron chi connectivity index (χ4n) is 2.85. The Balaban J connectivity index is 1.79. The second-order valence-corrected chi connectivity index (χ2v) is 5.47. The summed E-state index contributed by atoms with van der Waals surface area (Å²) < 4.78 is 2.32. The highest BCUT2D eigenvalue weighted by Gasteiger charge is 2.09. The van der Waals surface area contributed by atoms with Gasteiger partial charge in [-0.3, -0.25) is 0 Å². The van der Waals surface area contributed by atoms with Gasteiger partial charge in [0.15, 0.2) is 0 Å². The first-order valence-corrected chi connectivity index (χ1v) is 7.64. The van der Waals surface area contributed by atoms with Crippen molar-refractivity contribution in [3.8, 4) is 0 Å². The molecule has 108 valence electrons. The van der Waals surface area contributed by atoms with Crippen molar-refractivity contribution in [2.75, 3.05) is 0 Å². The predicted molar refractivity (Wildman–Crippen MR) is 89.3 cm³/mol. The molecule has 0 saturated carbocycles. The number of nitrogens with zero attached hydrogens (tertiary/aromatic N) is 1. The molecule has 1 aromatic heterocycles. The van der Waals surface area contributed by atoms with E-state index in [2.05, 4.69) is 84.5 Å². The minimum absolute atomic E-state index is 0.356. The zero-order valence-electron chi connectivity index (χ0n) is 12.7. The highest BCUT2D eigenvalue weighted by Crippen LogP contribution is 2.22. The van der Waals surface area contributed by atoms with Gasteiger partial charge >= 0.3 is 0 Å². The zero-order valence-corrected chi connectivity index (χ0v) is 12.7. The topological polar surface area (TPSA) is 17.0 Å². The molecule has 21 heavy (non-hydrogen) atoms. The predicted octanol–water partition coefficient (Wildman–Crippen LogP) is 4.51. The van der Waals surface area contributed by atoms with Crippen molar-refractivity contribution < 1.29 is 0 Å². The third-order valence-corrected chi connectivity index (χ3v) is 4.11. The van der Waals surface area contributed by atoms with E-state index in [-0.39, 0.29) is 0 Å². The normalized spacial score (nSPS) is 12.7. The van der Waals surface area contributed by atoms with Crippen molar-refractivity contribution in [2.45, 2.75) is 33.0 Å². The lowest BCUT2D eigenvalue weighted by Gasteiger charge is -2.13. The molecule has 0 aliphatic rings. The van der Waals surface area contributed by atoms with Gasteiger partial charge in [-0.05, 0) is 31.0 Å². The largest absolute Gasteiger partial charge is 0.347 e. The number of aryl methyl sites for hydroxylation is 1. The van der Waals surface area contributed by atoms with Crippen LogP contribution in [0.2, 0.25) is 0 Å². The van der Waals surface area contributed by atoms with E-state index in [1.54, 1.807) is 0 Å². The summed E-state index contributed by atoms with van der Waals surface area (Å²) in [4.78, 5) is 0. The van der Waals surface area contributed by atoms with Crippen LogP contribution in [0.25, 0.3) is 10.9 Å². The Morgan fingerprint density at radius 2 is 1.71 bits per heavy atom. The van der Waals surface area contributed by atoms with Gasteiger partial charge in [0.2, 0.25) is 0 Å². The van der Waals surface area contributed by atoms with E-state index >= 15 is 0 Å². The molecule has 1 N–H and O–H groups in total. The summed E-state index contributed by atoms with van der Waals surface area (Å²) in [5.41, 5.74) is 4.02. The van der Waals surface area contributed by atoms with Gasteiger partial charge in [-0.25, -0.2) is 0 Å². The fraction of sp³-hybridized carbons (Fsp3) is 0.263. The van der Waals surface area contributed by atoms with E-state index in [4.69, 9.17) is 0 Å². The molecule has 0 spiro atoms. The van der Waals surface area contributed by atoms with Gasteiger partial charge < -0.3 is 9.88 Å². The van der Waals surface area contributed by atoms with E-state index in [0.717, 1.165) is 13.1 Å². The van der Waals surface area contributed by atoms with Gasteiger partial charge in [0.1, 0.15) is 0 Å². The van der Waals surface area contributed by atoms with Crippen LogP contribution < -0.4 is 5.32 Å². The summed E-state index contributed by atoms with van der Waals surface area (Å²) in [6.07, 6.45) is 2.27. The van der Waals surface area contributed by atoms with Crippen molar-refractivity contribution in [2.24, 2.45) is 0 Å². The van der Waals surface area contributed by atoms with Crippen LogP contribution in [0, 0.1) is 0 Å². The van der Waals surface area contributed by atoms with Gasteiger partial charge in [-0.15, -0.1) is 0 Å². The SMILES string of the molecule is CCn1cc(CN[C@@H](C)c2ccccc2)c2ccccc21. The zero-order chi connectivity index (χ0) is 14.7. The molecule has 0 bridgehead atoms. The lowest BCUT2D eigenvalue weighted by molar-refractivity contribution is 0.575. The quantitative estimate of drug-likeness (QED) is 0.726. The lowest BCUT2D eigenvalue weighted by Crippen LogP contribution is -2.17. The van der Waals surface area contributed by atoms with Crippen molar-refractivity contribution in [1.82, 2.24) is 9.88 Å². The monoisotopic (exact) mass is 278 g/mol. The lowest BCUT2D eigenvalue weighted by atomic mass is 10.1. The van der Waals surface area contributed by atoms with E-state index < -0.39 is 0 Å². The first-order valence-electron chi connectivity index (χ1n) is 7.64. The molecule has 0 unspecified atom stereocenters.